The van der Waals surface area contributed by atoms with Gasteiger partial charge in [0.1, 0.15) is 0 Å². The molecule has 2 unspecified atom stereocenters. The number of hydrogen-bond donors (Lipinski definition) is 0. The Morgan fingerprint density at radius 1 is 1.30 bits per heavy atom. The Kier molecular flexibility index (Phi) is 5.37. The first-order valence-electron chi connectivity index (χ1n) is 7.18. The van der Waals surface area contributed by atoms with Crippen molar-refractivity contribution >= 4 is 11.9 Å². The maximum atomic E-state index is 12.4. The molecule has 2 atom stereocenters. The molecule has 0 bridgehead atoms. The number of allylic oxidation sites excluding steroid dienone is 2. The number of rotatable bonds is 6. The molecule has 0 heterocycles. The molecule has 0 spiro atoms. The molecule has 1 saturated carbocycles. The zero-order chi connectivity index (χ0) is 15.5. The summed E-state index contributed by atoms with van der Waals surface area (Å²) in [5, 5.41) is 0. The number of amides is 1. The minimum atomic E-state index is -0.222. The van der Waals surface area contributed by atoms with Crippen molar-refractivity contribution in [3.63, 3.8) is 0 Å². The summed E-state index contributed by atoms with van der Waals surface area (Å²) in [6.45, 7) is 9.01. The Balaban J connectivity index is 2.50. The Labute approximate surface area is 122 Å². The maximum absolute atomic E-state index is 12.4. The fraction of sp³-hybridized carbons (Fsp3) is 0.750. The highest BCUT2D eigenvalue weighted by Crippen LogP contribution is 2.59. The standard InChI is InChI=1S/C16H27NO3/c1-11(2)10-12-14(16(12,3)4)15(19)17(5)9-7-8-13(18)20-6/h10,12,14H,7-9H2,1-6H3. The van der Waals surface area contributed by atoms with Crippen LogP contribution in [0.3, 0.4) is 0 Å². The number of nitrogens with zero attached hydrogens (tertiary/aromatic N) is 1. The molecule has 0 saturated heterocycles. The normalized spacial score (nSPS) is 22.9. The smallest absolute Gasteiger partial charge is 0.305 e. The second-order valence-corrected chi connectivity index (χ2v) is 6.51. The average molecular weight is 281 g/mol. The van der Waals surface area contributed by atoms with Crippen molar-refractivity contribution in [1.29, 1.82) is 0 Å². The van der Waals surface area contributed by atoms with Crippen LogP contribution in [0.1, 0.15) is 40.5 Å². The number of carbonyl (C=O) groups is 2. The lowest BCUT2D eigenvalue weighted by Crippen LogP contribution is -2.31. The third-order valence-electron chi connectivity index (χ3n) is 4.17. The van der Waals surface area contributed by atoms with Crippen LogP contribution in [0, 0.1) is 17.3 Å². The molecule has 4 nitrogen and oxygen atoms in total. The van der Waals surface area contributed by atoms with E-state index < -0.39 is 0 Å². The van der Waals surface area contributed by atoms with E-state index in [0.29, 0.717) is 25.3 Å². The van der Waals surface area contributed by atoms with Crippen molar-refractivity contribution in [2.75, 3.05) is 20.7 Å². The van der Waals surface area contributed by atoms with Crippen LogP contribution in [0.4, 0.5) is 0 Å². The lowest BCUT2D eigenvalue weighted by atomic mass is 10.1. The molecule has 20 heavy (non-hydrogen) atoms. The van der Waals surface area contributed by atoms with Crippen LogP contribution in [0.15, 0.2) is 11.6 Å². The second-order valence-electron chi connectivity index (χ2n) is 6.51. The van der Waals surface area contributed by atoms with E-state index >= 15 is 0 Å². The number of carbonyl (C=O) groups excluding carboxylic acids is 2. The average Bonchev–Trinajstić information content (AvgIpc) is 2.88. The number of methoxy groups -OCH3 is 1. The summed E-state index contributed by atoms with van der Waals surface area (Å²) in [4.78, 5) is 25.2. The maximum Gasteiger partial charge on any atom is 0.305 e. The summed E-state index contributed by atoms with van der Waals surface area (Å²) < 4.78 is 4.60. The van der Waals surface area contributed by atoms with Gasteiger partial charge >= 0.3 is 5.97 Å². The largest absolute Gasteiger partial charge is 0.469 e. The van der Waals surface area contributed by atoms with E-state index in [4.69, 9.17) is 0 Å². The van der Waals surface area contributed by atoms with Gasteiger partial charge in [-0.1, -0.05) is 25.5 Å². The van der Waals surface area contributed by atoms with Crippen molar-refractivity contribution in [1.82, 2.24) is 4.90 Å². The SMILES string of the molecule is COC(=O)CCCN(C)C(=O)C1C(C=C(C)C)C1(C)C. The Bertz CT molecular complexity index is 408. The monoisotopic (exact) mass is 281 g/mol. The van der Waals surface area contributed by atoms with Crippen LogP contribution in [0.25, 0.3) is 0 Å². The summed E-state index contributed by atoms with van der Waals surface area (Å²) in [5.41, 5.74) is 1.30. The fourth-order valence-electron chi connectivity index (χ4n) is 2.73. The summed E-state index contributed by atoms with van der Waals surface area (Å²) >= 11 is 0. The van der Waals surface area contributed by atoms with Gasteiger partial charge in [-0.2, -0.15) is 0 Å². The Morgan fingerprint density at radius 3 is 2.40 bits per heavy atom. The molecular formula is C16H27NO3. The Hall–Kier alpha value is -1.32. The molecule has 0 N–H and O–H groups in total. The topological polar surface area (TPSA) is 46.6 Å². The van der Waals surface area contributed by atoms with Gasteiger partial charge in [0.05, 0.1) is 13.0 Å². The van der Waals surface area contributed by atoms with Crippen molar-refractivity contribution in [2.45, 2.75) is 40.5 Å². The zero-order valence-electron chi connectivity index (χ0n) is 13.5. The fourth-order valence-corrected chi connectivity index (χ4v) is 2.73. The highest BCUT2D eigenvalue weighted by molar-refractivity contribution is 5.83. The van der Waals surface area contributed by atoms with Crippen LogP contribution < -0.4 is 0 Å². The van der Waals surface area contributed by atoms with Crippen LogP contribution in [-0.4, -0.2) is 37.5 Å². The van der Waals surface area contributed by atoms with E-state index in [2.05, 4.69) is 38.5 Å². The molecule has 1 aliphatic rings. The molecule has 1 aliphatic carbocycles. The van der Waals surface area contributed by atoms with Crippen molar-refractivity contribution in [3.8, 4) is 0 Å². The summed E-state index contributed by atoms with van der Waals surface area (Å²) in [7, 11) is 3.20. The van der Waals surface area contributed by atoms with E-state index in [1.165, 1.54) is 12.7 Å². The number of hydrogen-bond acceptors (Lipinski definition) is 3. The van der Waals surface area contributed by atoms with E-state index in [-0.39, 0.29) is 23.2 Å². The van der Waals surface area contributed by atoms with Gasteiger partial charge in [0.25, 0.3) is 0 Å². The van der Waals surface area contributed by atoms with Crippen molar-refractivity contribution in [3.05, 3.63) is 11.6 Å². The van der Waals surface area contributed by atoms with Gasteiger partial charge < -0.3 is 9.64 Å². The van der Waals surface area contributed by atoms with Crippen molar-refractivity contribution < 1.29 is 14.3 Å². The van der Waals surface area contributed by atoms with Gasteiger partial charge in [0.2, 0.25) is 5.91 Å². The first kappa shape index (κ1) is 16.7. The molecule has 1 rings (SSSR count). The van der Waals surface area contributed by atoms with Gasteiger partial charge in [0.15, 0.2) is 0 Å². The first-order chi connectivity index (χ1) is 9.21. The predicted molar refractivity (Wildman–Crippen MR) is 79.1 cm³/mol. The van der Waals surface area contributed by atoms with E-state index in [1.807, 2.05) is 7.05 Å². The van der Waals surface area contributed by atoms with Crippen molar-refractivity contribution in [2.24, 2.45) is 17.3 Å². The lowest BCUT2D eigenvalue weighted by Gasteiger charge is -2.17. The molecule has 1 amide bonds. The highest BCUT2D eigenvalue weighted by Gasteiger charge is 2.60. The van der Waals surface area contributed by atoms with E-state index in [0.717, 1.165) is 0 Å². The Morgan fingerprint density at radius 2 is 1.90 bits per heavy atom. The molecule has 0 aromatic rings. The van der Waals surface area contributed by atoms with E-state index in [9.17, 15) is 9.59 Å². The van der Waals surface area contributed by atoms with Gasteiger partial charge in [-0.15, -0.1) is 0 Å². The number of ether oxygens (including phenoxy) is 1. The van der Waals surface area contributed by atoms with E-state index in [1.54, 1.807) is 4.90 Å². The van der Waals surface area contributed by atoms with Crippen LogP contribution in [-0.2, 0) is 14.3 Å². The van der Waals surface area contributed by atoms with Gasteiger partial charge in [-0.3, -0.25) is 9.59 Å². The molecule has 1 fully saturated rings. The number of esters is 1. The van der Waals surface area contributed by atoms with Gasteiger partial charge in [-0.05, 0) is 31.6 Å². The molecule has 0 aromatic heterocycles. The van der Waals surface area contributed by atoms with Crippen LogP contribution >= 0.6 is 0 Å². The second kappa shape index (κ2) is 6.42. The molecular weight excluding hydrogens is 254 g/mol. The predicted octanol–water partition coefficient (Wildman–Crippen LogP) is 2.64. The van der Waals surface area contributed by atoms with Crippen LogP contribution in [0.5, 0.6) is 0 Å². The zero-order valence-corrected chi connectivity index (χ0v) is 13.5. The third-order valence-corrected chi connectivity index (χ3v) is 4.17. The molecule has 0 radical (unpaired) electrons. The molecule has 0 aromatic carbocycles. The molecule has 4 heteroatoms. The third kappa shape index (κ3) is 3.84. The molecule has 0 aliphatic heterocycles. The first-order valence-corrected chi connectivity index (χ1v) is 7.18. The minimum Gasteiger partial charge on any atom is -0.469 e. The minimum absolute atomic E-state index is 0.0466. The quantitative estimate of drug-likeness (QED) is 0.555. The summed E-state index contributed by atoms with van der Waals surface area (Å²) in [6.07, 6.45) is 3.21. The van der Waals surface area contributed by atoms with Gasteiger partial charge in [-0.25, -0.2) is 0 Å². The summed E-state index contributed by atoms with van der Waals surface area (Å²) in [6, 6.07) is 0. The highest BCUT2D eigenvalue weighted by atomic mass is 16.5. The molecule has 114 valence electrons. The van der Waals surface area contributed by atoms with Crippen LogP contribution in [0.2, 0.25) is 0 Å². The lowest BCUT2D eigenvalue weighted by molar-refractivity contribution is -0.141. The summed E-state index contributed by atoms with van der Waals surface area (Å²) in [5.74, 6) is 0.367. The van der Waals surface area contributed by atoms with Gasteiger partial charge in [0, 0.05) is 20.0 Å².